The summed E-state index contributed by atoms with van der Waals surface area (Å²) in [4.78, 5) is 35.6. The van der Waals surface area contributed by atoms with Crippen molar-refractivity contribution in [2.75, 3.05) is 25.0 Å². The molecule has 1 aliphatic heterocycles. The maximum absolute atomic E-state index is 14.4. The van der Waals surface area contributed by atoms with Gasteiger partial charge in [-0.15, -0.1) is 0 Å². The van der Waals surface area contributed by atoms with Crippen LogP contribution >= 0.6 is 0 Å². The molecule has 2 aliphatic rings. The number of aromatic nitrogens is 2. The first-order chi connectivity index (χ1) is 21.7. The number of hydrogen-bond acceptors (Lipinski definition) is 8. The summed E-state index contributed by atoms with van der Waals surface area (Å²) in [5.74, 6) is -1.39. The first-order valence-corrected chi connectivity index (χ1v) is 16.1. The third-order valence-electron chi connectivity index (χ3n) is 8.20. The van der Waals surface area contributed by atoms with Gasteiger partial charge in [-0.2, -0.15) is 18.2 Å². The molecule has 46 heavy (non-hydrogen) atoms. The van der Waals surface area contributed by atoms with Crippen molar-refractivity contribution in [1.29, 1.82) is 0 Å². The lowest BCUT2D eigenvalue weighted by molar-refractivity contribution is -0.195. The number of benzene rings is 2. The van der Waals surface area contributed by atoms with Crippen LogP contribution in [0.15, 0.2) is 53.4 Å². The van der Waals surface area contributed by atoms with E-state index in [1.54, 1.807) is 6.92 Å². The van der Waals surface area contributed by atoms with Crippen LogP contribution in [0.4, 0.5) is 23.9 Å². The van der Waals surface area contributed by atoms with Crippen LogP contribution in [0, 0.1) is 19.3 Å². The number of amides is 2. The summed E-state index contributed by atoms with van der Waals surface area (Å²) in [5, 5.41) is 1.85. The fourth-order valence-corrected chi connectivity index (χ4v) is 6.67. The Morgan fingerprint density at radius 3 is 2.41 bits per heavy atom. The predicted octanol–water partition coefficient (Wildman–Crippen LogP) is 5.89. The molecule has 0 unspecified atom stereocenters. The van der Waals surface area contributed by atoms with Crippen LogP contribution in [-0.4, -0.2) is 72.9 Å². The fourth-order valence-electron chi connectivity index (χ4n) is 5.68. The number of alkyl halides is 3. The number of methoxy groups -OCH3 is 1. The largest absolute Gasteiger partial charge is 0.475 e. The topological polar surface area (TPSA) is 131 Å². The van der Waals surface area contributed by atoms with E-state index in [2.05, 4.69) is 14.7 Å². The average Bonchev–Trinajstić information content (AvgIpc) is 3.79. The van der Waals surface area contributed by atoms with Gasteiger partial charge in [0.2, 0.25) is 11.8 Å². The van der Waals surface area contributed by atoms with E-state index >= 15 is 0 Å². The summed E-state index contributed by atoms with van der Waals surface area (Å²) in [6.07, 6.45) is -6.14. The Bertz CT molecular complexity index is 1740. The number of fused-ring (bicyclic) bond motifs is 4. The van der Waals surface area contributed by atoms with Crippen molar-refractivity contribution >= 4 is 28.0 Å². The van der Waals surface area contributed by atoms with Gasteiger partial charge < -0.3 is 9.47 Å². The minimum Gasteiger partial charge on any atom is -0.475 e. The Balaban J connectivity index is 1.73. The molecule has 0 saturated heterocycles. The summed E-state index contributed by atoms with van der Waals surface area (Å²) in [7, 11) is -3.28. The predicted molar refractivity (Wildman–Crippen MR) is 161 cm³/mol. The number of carbonyl (C=O) groups is 2. The van der Waals surface area contributed by atoms with Crippen LogP contribution in [0.3, 0.4) is 0 Å². The normalized spacial score (nSPS) is 18.6. The number of anilines is 1. The lowest BCUT2D eigenvalue weighted by Crippen LogP contribution is -2.57. The lowest BCUT2D eigenvalue weighted by Gasteiger charge is -2.40. The second-order valence-electron chi connectivity index (χ2n) is 11.5. The second-order valence-corrected chi connectivity index (χ2v) is 13.2. The van der Waals surface area contributed by atoms with Gasteiger partial charge in [-0.05, 0) is 68.9 Å². The van der Waals surface area contributed by atoms with E-state index in [9.17, 15) is 31.2 Å². The van der Waals surface area contributed by atoms with Crippen LogP contribution in [0.1, 0.15) is 54.1 Å². The van der Waals surface area contributed by atoms with E-state index in [0.717, 1.165) is 34.3 Å². The van der Waals surface area contributed by atoms with Gasteiger partial charge in [0.1, 0.15) is 6.61 Å². The third kappa shape index (κ3) is 6.46. The number of nitrogens with zero attached hydrogens (tertiary/aromatic N) is 4. The minimum atomic E-state index is -4.58. The Kier molecular flexibility index (Phi) is 8.90. The quantitative estimate of drug-likeness (QED) is 0.346. The van der Waals surface area contributed by atoms with E-state index in [4.69, 9.17) is 9.47 Å². The number of carbonyl (C=O) groups excluding carboxylic acids is 2. The van der Waals surface area contributed by atoms with Gasteiger partial charge in [0, 0.05) is 23.7 Å². The van der Waals surface area contributed by atoms with Gasteiger partial charge in [-0.25, -0.2) is 32.9 Å². The van der Waals surface area contributed by atoms with Crippen LogP contribution in [0.25, 0.3) is 11.3 Å². The average molecular weight is 662 g/mol. The molecule has 3 aromatic rings. The van der Waals surface area contributed by atoms with Crippen LogP contribution in [-0.2, 0) is 14.8 Å². The number of aryl methyl sites for hydroxylation is 2. The third-order valence-corrected chi connectivity index (χ3v) is 9.52. The second kappa shape index (κ2) is 12.4. The van der Waals surface area contributed by atoms with E-state index in [0.29, 0.717) is 17.7 Å². The summed E-state index contributed by atoms with van der Waals surface area (Å²) in [6, 6.07) is 10.6. The van der Waals surface area contributed by atoms with Crippen LogP contribution < -0.4 is 9.46 Å². The minimum absolute atomic E-state index is 0.0815. The Labute approximate surface area is 264 Å². The summed E-state index contributed by atoms with van der Waals surface area (Å²) in [6.45, 7) is 4.83. The molecular formula is C31H34F3N5O6S. The molecule has 246 valence electrons. The Morgan fingerprint density at radius 2 is 1.80 bits per heavy atom. The lowest BCUT2D eigenvalue weighted by atomic mass is 9.95. The molecule has 1 aliphatic carbocycles. The molecule has 15 heteroatoms. The van der Waals surface area contributed by atoms with Crippen molar-refractivity contribution in [3.05, 3.63) is 65.2 Å². The molecule has 4 bridgehead atoms. The highest BCUT2D eigenvalue weighted by atomic mass is 32.2. The first-order valence-electron chi connectivity index (χ1n) is 14.7. The highest BCUT2D eigenvalue weighted by Gasteiger charge is 2.64. The number of sulfonamides is 1. The molecule has 0 radical (unpaired) electrons. The van der Waals surface area contributed by atoms with Crippen molar-refractivity contribution in [3.63, 3.8) is 0 Å². The number of ether oxygens (including phenoxy) is 2. The molecule has 1 saturated carbocycles. The molecule has 1 aromatic heterocycles. The van der Waals surface area contributed by atoms with Gasteiger partial charge in [0.25, 0.3) is 15.9 Å². The molecule has 2 amide bonds. The van der Waals surface area contributed by atoms with E-state index in [-0.39, 0.29) is 41.7 Å². The van der Waals surface area contributed by atoms with Crippen molar-refractivity contribution in [2.24, 2.45) is 5.41 Å². The zero-order valence-electron chi connectivity index (χ0n) is 25.7. The Morgan fingerprint density at radius 1 is 1.13 bits per heavy atom. The summed E-state index contributed by atoms with van der Waals surface area (Å²) in [5.41, 5.74) is 0.360. The van der Waals surface area contributed by atoms with E-state index < -0.39 is 52.7 Å². The molecule has 2 aromatic carbocycles. The molecule has 2 heterocycles. The number of hydrogen-bond donors (Lipinski definition) is 1. The SMILES string of the molecule is CCCN(C(=O)OC)N1C(=O)c2cccc(c2)S(=O)(=O)Nc2nc(cc(-c3c(C)cccc3C)n2)OC[C@H]1CC1(C(F)(F)F)CC1. The van der Waals surface area contributed by atoms with Gasteiger partial charge in [0.15, 0.2) is 0 Å². The maximum Gasteiger partial charge on any atom is 0.428 e. The molecular weight excluding hydrogens is 627 g/mol. The standard InChI is InChI=1S/C31H34F3N5O6S/c1-5-14-38(29(41)44-4)39-22(17-30(12-13-30)31(32,33)34)18-45-25-16-24(26-19(2)8-6-9-20(26)3)35-28(36-25)37-46(42,43)23-11-7-10-21(15-23)27(39)40/h6-11,15-16,22H,5,12-14,17-18H2,1-4H3,(H,35,36,37)/t22-/m1/s1. The molecule has 0 spiro atoms. The molecule has 1 N–H and O–H groups in total. The highest BCUT2D eigenvalue weighted by molar-refractivity contribution is 7.92. The molecule has 1 fully saturated rings. The van der Waals surface area contributed by atoms with Gasteiger partial charge in [0.05, 0.1) is 29.2 Å². The van der Waals surface area contributed by atoms with Gasteiger partial charge in [-0.1, -0.05) is 31.2 Å². The maximum atomic E-state index is 14.4. The smallest absolute Gasteiger partial charge is 0.428 e. The number of nitrogens with one attached hydrogen (secondary N) is 1. The van der Waals surface area contributed by atoms with Crippen LogP contribution in [0.5, 0.6) is 5.88 Å². The molecule has 1 atom stereocenters. The van der Waals surface area contributed by atoms with Gasteiger partial charge in [-0.3, -0.25) is 4.79 Å². The summed E-state index contributed by atoms with van der Waals surface area (Å²) >= 11 is 0. The Hall–Kier alpha value is -4.40. The van der Waals surface area contributed by atoms with Crippen LogP contribution in [0.2, 0.25) is 0 Å². The van der Waals surface area contributed by atoms with Crippen molar-refractivity contribution in [2.45, 2.75) is 63.6 Å². The first kappa shape index (κ1) is 33.0. The zero-order chi connectivity index (χ0) is 33.4. The monoisotopic (exact) mass is 661 g/mol. The number of hydrazine groups is 1. The highest BCUT2D eigenvalue weighted by Crippen LogP contribution is 2.61. The number of halogens is 3. The van der Waals surface area contributed by atoms with Crippen molar-refractivity contribution < 1.29 is 40.7 Å². The fraction of sp³-hybridized carbons (Fsp3) is 0.419. The number of rotatable bonds is 6. The zero-order valence-corrected chi connectivity index (χ0v) is 26.5. The molecule has 11 nitrogen and oxygen atoms in total. The summed E-state index contributed by atoms with van der Waals surface area (Å²) < 4.78 is 83.4. The van der Waals surface area contributed by atoms with Crippen molar-refractivity contribution in [1.82, 2.24) is 20.0 Å². The van der Waals surface area contributed by atoms with E-state index in [1.807, 2.05) is 32.0 Å². The molecule has 5 rings (SSSR count). The van der Waals surface area contributed by atoms with Gasteiger partial charge >= 0.3 is 12.3 Å². The van der Waals surface area contributed by atoms with Crippen molar-refractivity contribution in [3.8, 4) is 17.1 Å². The van der Waals surface area contributed by atoms with E-state index in [1.165, 1.54) is 24.3 Å².